The Balaban J connectivity index is 1.50. The first kappa shape index (κ1) is 22.3. The summed E-state index contributed by atoms with van der Waals surface area (Å²) in [6.45, 7) is 3.87. The minimum atomic E-state index is -0.684. The Morgan fingerprint density at radius 1 is 1.06 bits per heavy atom. The summed E-state index contributed by atoms with van der Waals surface area (Å²) in [4.78, 5) is 39.2. The number of anilines is 1. The van der Waals surface area contributed by atoms with Crippen molar-refractivity contribution in [3.63, 3.8) is 0 Å². The fourth-order valence-corrected chi connectivity index (χ4v) is 3.68. The van der Waals surface area contributed by atoms with Crippen LogP contribution in [0.4, 0.5) is 5.69 Å². The van der Waals surface area contributed by atoms with Crippen LogP contribution in [0.3, 0.4) is 0 Å². The third kappa shape index (κ3) is 5.84. The molecule has 3 atom stereocenters. The SMILES string of the molecule is COc1ccc(N2C[C@H](C(=O)N[C@@H](C)C(=O)N[C@@H](C)Cc3ccccc3)CC2=O)cc1. The molecule has 1 aliphatic heterocycles. The number of ether oxygens (including phenoxy) is 1. The maximum Gasteiger partial charge on any atom is 0.242 e. The average molecular weight is 424 g/mol. The number of nitrogens with one attached hydrogen (secondary N) is 2. The molecule has 3 amide bonds. The third-order valence-electron chi connectivity index (χ3n) is 5.41. The summed E-state index contributed by atoms with van der Waals surface area (Å²) in [5.41, 5.74) is 1.86. The van der Waals surface area contributed by atoms with Crippen molar-refractivity contribution < 1.29 is 19.1 Å². The molecule has 0 radical (unpaired) electrons. The second-order valence-corrected chi connectivity index (χ2v) is 7.93. The van der Waals surface area contributed by atoms with E-state index in [9.17, 15) is 14.4 Å². The van der Waals surface area contributed by atoms with Crippen molar-refractivity contribution in [3.05, 3.63) is 60.2 Å². The zero-order chi connectivity index (χ0) is 22.4. The molecule has 0 aliphatic carbocycles. The van der Waals surface area contributed by atoms with Crippen LogP contribution in [-0.4, -0.2) is 43.5 Å². The Labute approximate surface area is 182 Å². The summed E-state index contributed by atoms with van der Waals surface area (Å²) in [7, 11) is 1.58. The average Bonchev–Trinajstić information content (AvgIpc) is 3.16. The molecular formula is C24H29N3O4. The Morgan fingerprint density at radius 3 is 2.39 bits per heavy atom. The van der Waals surface area contributed by atoms with E-state index in [2.05, 4.69) is 10.6 Å². The Morgan fingerprint density at radius 2 is 1.74 bits per heavy atom. The van der Waals surface area contributed by atoms with Crippen LogP contribution in [0.15, 0.2) is 54.6 Å². The summed E-state index contributed by atoms with van der Waals surface area (Å²) in [6.07, 6.45) is 0.831. The van der Waals surface area contributed by atoms with E-state index >= 15 is 0 Å². The number of hydrogen-bond donors (Lipinski definition) is 2. The van der Waals surface area contributed by atoms with Crippen LogP contribution in [0, 0.1) is 5.92 Å². The van der Waals surface area contributed by atoms with Crippen molar-refractivity contribution in [2.24, 2.45) is 5.92 Å². The second-order valence-electron chi connectivity index (χ2n) is 7.93. The maximum atomic E-state index is 12.7. The van der Waals surface area contributed by atoms with Gasteiger partial charge in [0.1, 0.15) is 11.8 Å². The lowest BCUT2D eigenvalue weighted by Gasteiger charge is -2.20. The van der Waals surface area contributed by atoms with Crippen molar-refractivity contribution in [2.75, 3.05) is 18.6 Å². The number of carbonyl (C=O) groups is 3. The van der Waals surface area contributed by atoms with Gasteiger partial charge in [-0.2, -0.15) is 0 Å². The normalized spacial score (nSPS) is 17.7. The van der Waals surface area contributed by atoms with E-state index in [-0.39, 0.29) is 36.7 Å². The lowest BCUT2D eigenvalue weighted by atomic mass is 10.1. The van der Waals surface area contributed by atoms with Gasteiger partial charge in [-0.15, -0.1) is 0 Å². The Kier molecular flexibility index (Phi) is 7.28. The topological polar surface area (TPSA) is 87.7 Å². The molecule has 1 saturated heterocycles. The molecule has 1 heterocycles. The number of hydrogen-bond acceptors (Lipinski definition) is 4. The van der Waals surface area contributed by atoms with Gasteiger partial charge < -0.3 is 20.3 Å². The highest BCUT2D eigenvalue weighted by atomic mass is 16.5. The molecule has 2 aromatic carbocycles. The van der Waals surface area contributed by atoms with Gasteiger partial charge in [0.15, 0.2) is 0 Å². The number of benzene rings is 2. The summed E-state index contributed by atoms with van der Waals surface area (Å²) in [5, 5.41) is 5.69. The van der Waals surface area contributed by atoms with Crippen molar-refractivity contribution >= 4 is 23.4 Å². The van der Waals surface area contributed by atoms with Crippen LogP contribution < -0.4 is 20.3 Å². The molecule has 164 valence electrons. The predicted octanol–water partition coefficient (Wildman–Crippen LogP) is 2.30. The number of amides is 3. The van der Waals surface area contributed by atoms with E-state index in [0.29, 0.717) is 12.2 Å². The maximum absolute atomic E-state index is 12.7. The van der Waals surface area contributed by atoms with Gasteiger partial charge >= 0.3 is 0 Å². The monoisotopic (exact) mass is 423 g/mol. The lowest BCUT2D eigenvalue weighted by Crippen LogP contribution is -2.49. The van der Waals surface area contributed by atoms with Gasteiger partial charge in [-0.3, -0.25) is 14.4 Å². The lowest BCUT2D eigenvalue weighted by molar-refractivity contribution is -0.131. The van der Waals surface area contributed by atoms with Gasteiger partial charge in [0.05, 0.1) is 13.0 Å². The predicted molar refractivity (Wildman–Crippen MR) is 119 cm³/mol. The van der Waals surface area contributed by atoms with E-state index < -0.39 is 12.0 Å². The highest BCUT2D eigenvalue weighted by molar-refractivity contribution is 6.01. The summed E-state index contributed by atoms with van der Waals surface area (Å²) in [5.74, 6) is -0.438. The summed E-state index contributed by atoms with van der Waals surface area (Å²) >= 11 is 0. The van der Waals surface area contributed by atoms with Crippen LogP contribution in [0.5, 0.6) is 5.75 Å². The van der Waals surface area contributed by atoms with E-state index in [4.69, 9.17) is 4.74 Å². The standard InChI is InChI=1S/C24H29N3O4/c1-16(13-18-7-5-4-6-8-18)25-23(29)17(2)26-24(30)19-14-22(28)27(15-19)20-9-11-21(31-3)12-10-20/h4-12,16-17,19H,13-15H2,1-3H3,(H,25,29)(H,26,30)/t16-,17-,19+/m0/s1. The van der Waals surface area contributed by atoms with Crippen molar-refractivity contribution in [3.8, 4) is 5.75 Å². The molecule has 1 fully saturated rings. The molecule has 2 N–H and O–H groups in total. The van der Waals surface area contributed by atoms with Crippen LogP contribution >= 0.6 is 0 Å². The highest BCUT2D eigenvalue weighted by Gasteiger charge is 2.36. The van der Waals surface area contributed by atoms with Gasteiger partial charge in [0.25, 0.3) is 0 Å². The molecule has 1 aliphatic rings. The number of nitrogens with zero attached hydrogens (tertiary/aromatic N) is 1. The molecule has 31 heavy (non-hydrogen) atoms. The van der Waals surface area contributed by atoms with E-state index in [1.807, 2.05) is 37.3 Å². The minimum Gasteiger partial charge on any atom is -0.497 e. The van der Waals surface area contributed by atoms with Crippen LogP contribution in [0.2, 0.25) is 0 Å². The Hall–Kier alpha value is -3.35. The molecule has 0 aromatic heterocycles. The van der Waals surface area contributed by atoms with Crippen LogP contribution in [-0.2, 0) is 20.8 Å². The molecule has 2 aromatic rings. The fourth-order valence-electron chi connectivity index (χ4n) is 3.68. The van der Waals surface area contributed by atoms with Gasteiger partial charge in [-0.1, -0.05) is 30.3 Å². The van der Waals surface area contributed by atoms with Crippen LogP contribution in [0.25, 0.3) is 0 Å². The van der Waals surface area contributed by atoms with E-state index in [1.54, 1.807) is 43.2 Å². The van der Waals surface area contributed by atoms with Crippen molar-refractivity contribution in [2.45, 2.75) is 38.8 Å². The van der Waals surface area contributed by atoms with Gasteiger partial charge in [-0.05, 0) is 50.1 Å². The first-order valence-electron chi connectivity index (χ1n) is 10.5. The molecule has 0 unspecified atom stereocenters. The second kappa shape index (κ2) is 10.1. The molecule has 0 spiro atoms. The summed E-state index contributed by atoms with van der Waals surface area (Å²) < 4.78 is 5.14. The zero-order valence-corrected chi connectivity index (χ0v) is 18.1. The molecule has 7 heteroatoms. The first-order valence-corrected chi connectivity index (χ1v) is 10.5. The number of carbonyl (C=O) groups excluding carboxylic acids is 3. The number of methoxy groups -OCH3 is 1. The zero-order valence-electron chi connectivity index (χ0n) is 18.1. The van der Waals surface area contributed by atoms with Crippen molar-refractivity contribution in [1.82, 2.24) is 10.6 Å². The first-order chi connectivity index (χ1) is 14.9. The van der Waals surface area contributed by atoms with Crippen molar-refractivity contribution in [1.29, 1.82) is 0 Å². The quantitative estimate of drug-likeness (QED) is 0.682. The summed E-state index contributed by atoms with van der Waals surface area (Å²) in [6, 6.07) is 16.3. The molecule has 7 nitrogen and oxygen atoms in total. The van der Waals surface area contributed by atoms with Gasteiger partial charge in [0, 0.05) is 24.7 Å². The van der Waals surface area contributed by atoms with Gasteiger partial charge in [0.2, 0.25) is 17.7 Å². The number of rotatable bonds is 8. The smallest absolute Gasteiger partial charge is 0.242 e. The Bertz CT molecular complexity index is 914. The highest BCUT2D eigenvalue weighted by Crippen LogP contribution is 2.27. The largest absolute Gasteiger partial charge is 0.497 e. The molecule has 0 saturated carbocycles. The van der Waals surface area contributed by atoms with Crippen LogP contribution in [0.1, 0.15) is 25.8 Å². The molecular weight excluding hydrogens is 394 g/mol. The van der Waals surface area contributed by atoms with E-state index in [0.717, 1.165) is 11.3 Å². The van der Waals surface area contributed by atoms with Gasteiger partial charge in [-0.25, -0.2) is 0 Å². The molecule has 0 bridgehead atoms. The molecule has 3 rings (SSSR count). The van der Waals surface area contributed by atoms with E-state index in [1.165, 1.54) is 0 Å². The minimum absolute atomic E-state index is 0.0622. The third-order valence-corrected chi connectivity index (χ3v) is 5.41. The fraction of sp³-hybridized carbons (Fsp3) is 0.375.